The molecule has 0 spiro atoms. The Bertz CT molecular complexity index is 939. The van der Waals surface area contributed by atoms with Gasteiger partial charge in [0, 0.05) is 5.02 Å². The van der Waals surface area contributed by atoms with Crippen LogP contribution >= 0.6 is 22.9 Å². The molecule has 7 heteroatoms. The summed E-state index contributed by atoms with van der Waals surface area (Å²) in [5.74, 6) is 1.32. The maximum absolute atomic E-state index is 12.0. The Kier molecular flexibility index (Phi) is 6.75. The third-order valence-electron chi connectivity index (χ3n) is 3.94. The smallest absolute Gasteiger partial charge is 0.347 e. The van der Waals surface area contributed by atoms with Crippen LogP contribution in [0.5, 0.6) is 16.7 Å². The van der Waals surface area contributed by atoms with E-state index in [1.165, 1.54) is 11.3 Å². The van der Waals surface area contributed by atoms with Gasteiger partial charge in [0.2, 0.25) is 0 Å². The number of benzene rings is 2. The fraction of sp³-hybridized carbons (Fsp3) is 0.333. The lowest BCUT2D eigenvalue weighted by Gasteiger charge is -2.14. The van der Waals surface area contributed by atoms with Crippen molar-refractivity contribution in [2.24, 2.45) is 5.92 Å². The van der Waals surface area contributed by atoms with E-state index in [2.05, 4.69) is 18.8 Å². The summed E-state index contributed by atoms with van der Waals surface area (Å²) < 4.78 is 17.6. The first-order valence-corrected chi connectivity index (χ1v) is 10.3. The van der Waals surface area contributed by atoms with Crippen molar-refractivity contribution in [1.82, 2.24) is 4.98 Å². The second-order valence-electron chi connectivity index (χ2n) is 6.78. The van der Waals surface area contributed by atoms with E-state index in [1.807, 2.05) is 12.1 Å². The molecule has 0 saturated heterocycles. The predicted molar refractivity (Wildman–Crippen MR) is 112 cm³/mol. The van der Waals surface area contributed by atoms with Crippen molar-refractivity contribution in [1.29, 1.82) is 0 Å². The Hall–Kier alpha value is -2.31. The number of hydrogen-bond acceptors (Lipinski definition) is 6. The van der Waals surface area contributed by atoms with Crippen molar-refractivity contribution in [2.75, 3.05) is 6.61 Å². The third kappa shape index (κ3) is 5.59. The topological polar surface area (TPSA) is 57.7 Å². The average molecular weight is 420 g/mol. The summed E-state index contributed by atoms with van der Waals surface area (Å²) in [5.41, 5.74) is 0.842. The van der Waals surface area contributed by atoms with E-state index in [9.17, 15) is 4.79 Å². The van der Waals surface area contributed by atoms with Crippen molar-refractivity contribution in [3.63, 3.8) is 0 Å². The summed E-state index contributed by atoms with van der Waals surface area (Å²) in [6.45, 7) is 6.25. The van der Waals surface area contributed by atoms with E-state index in [0.29, 0.717) is 34.2 Å². The number of carbonyl (C=O) groups excluding carboxylic acids is 1. The minimum atomic E-state index is -0.673. The number of fused-ring (bicyclic) bond motifs is 1. The minimum absolute atomic E-state index is 0.367. The zero-order chi connectivity index (χ0) is 20.1. The van der Waals surface area contributed by atoms with E-state index < -0.39 is 6.10 Å². The Labute approximate surface area is 173 Å². The average Bonchev–Trinajstić information content (AvgIpc) is 3.04. The van der Waals surface area contributed by atoms with Crippen LogP contribution in [0, 0.1) is 5.92 Å². The first kappa shape index (κ1) is 20.4. The van der Waals surface area contributed by atoms with E-state index in [0.717, 1.165) is 16.6 Å². The van der Waals surface area contributed by atoms with E-state index in [4.69, 9.17) is 25.8 Å². The van der Waals surface area contributed by atoms with Crippen molar-refractivity contribution >= 4 is 39.1 Å². The highest BCUT2D eigenvalue weighted by Crippen LogP contribution is 2.33. The number of carbonyl (C=O) groups is 1. The zero-order valence-corrected chi connectivity index (χ0v) is 17.5. The molecule has 0 radical (unpaired) electrons. The van der Waals surface area contributed by atoms with E-state index in [-0.39, 0.29) is 5.97 Å². The van der Waals surface area contributed by atoms with E-state index >= 15 is 0 Å². The van der Waals surface area contributed by atoms with Gasteiger partial charge in [0.15, 0.2) is 6.10 Å². The number of aromatic nitrogens is 1. The van der Waals surface area contributed by atoms with Crippen LogP contribution in [0.3, 0.4) is 0 Å². The second kappa shape index (κ2) is 9.26. The lowest BCUT2D eigenvalue weighted by Crippen LogP contribution is -2.26. The van der Waals surface area contributed by atoms with Gasteiger partial charge < -0.3 is 14.2 Å². The molecule has 3 rings (SSSR count). The fourth-order valence-corrected chi connectivity index (χ4v) is 3.48. The molecule has 0 aliphatic carbocycles. The standard InChI is InChI=1S/C21H22ClNO4S/c1-13(2)10-11-25-20(24)14(3)26-16-5-7-17(8-6-16)27-21-23-18-9-4-15(22)12-19(18)28-21/h4-9,12-14H,10-11H2,1-3H3. The first-order valence-electron chi connectivity index (χ1n) is 9.08. The molecule has 2 aromatic carbocycles. The van der Waals surface area contributed by atoms with Gasteiger partial charge in [-0.05, 0) is 61.7 Å². The number of esters is 1. The molecule has 3 aromatic rings. The molecule has 5 nitrogen and oxygen atoms in total. The van der Waals surface area contributed by atoms with Crippen molar-refractivity contribution in [2.45, 2.75) is 33.3 Å². The van der Waals surface area contributed by atoms with Crippen molar-refractivity contribution in [3.05, 3.63) is 47.5 Å². The highest BCUT2D eigenvalue weighted by Gasteiger charge is 2.16. The van der Waals surface area contributed by atoms with Crippen LogP contribution in [0.1, 0.15) is 27.2 Å². The fourth-order valence-electron chi connectivity index (χ4n) is 2.37. The van der Waals surface area contributed by atoms with Gasteiger partial charge in [-0.2, -0.15) is 0 Å². The molecule has 0 N–H and O–H groups in total. The highest BCUT2D eigenvalue weighted by atomic mass is 35.5. The lowest BCUT2D eigenvalue weighted by molar-refractivity contribution is -0.151. The molecule has 0 amide bonds. The van der Waals surface area contributed by atoms with Crippen molar-refractivity contribution < 1.29 is 19.0 Å². The quantitative estimate of drug-likeness (QED) is 0.413. The van der Waals surface area contributed by atoms with Crippen LogP contribution in [0.25, 0.3) is 10.2 Å². The predicted octanol–water partition coefficient (Wildman–Crippen LogP) is 6.10. The monoisotopic (exact) mass is 419 g/mol. The normalized spacial score (nSPS) is 12.2. The molecule has 1 aromatic heterocycles. The number of ether oxygens (including phenoxy) is 3. The molecule has 0 bridgehead atoms. The molecular formula is C21H22ClNO4S. The summed E-state index contributed by atoms with van der Waals surface area (Å²) in [6, 6.07) is 12.6. The summed E-state index contributed by atoms with van der Waals surface area (Å²) in [4.78, 5) is 16.4. The van der Waals surface area contributed by atoms with Crippen LogP contribution in [0.15, 0.2) is 42.5 Å². The molecule has 1 heterocycles. The lowest BCUT2D eigenvalue weighted by atomic mass is 10.1. The molecule has 0 saturated carbocycles. The molecule has 0 aliphatic heterocycles. The Morgan fingerprint density at radius 3 is 2.54 bits per heavy atom. The van der Waals surface area contributed by atoms with Gasteiger partial charge in [-0.1, -0.05) is 36.8 Å². The van der Waals surface area contributed by atoms with Gasteiger partial charge in [-0.3, -0.25) is 0 Å². The van der Waals surface area contributed by atoms with Gasteiger partial charge in [0.1, 0.15) is 11.5 Å². The molecule has 0 aliphatic rings. The third-order valence-corrected chi connectivity index (χ3v) is 5.08. The number of hydrogen-bond donors (Lipinski definition) is 0. The Morgan fingerprint density at radius 2 is 1.82 bits per heavy atom. The largest absolute Gasteiger partial charge is 0.479 e. The van der Waals surface area contributed by atoms with Gasteiger partial charge in [0.05, 0.1) is 16.8 Å². The van der Waals surface area contributed by atoms with Gasteiger partial charge in [0.25, 0.3) is 5.19 Å². The summed E-state index contributed by atoms with van der Waals surface area (Å²) >= 11 is 7.43. The SMILES string of the molecule is CC(C)CCOC(=O)C(C)Oc1ccc(Oc2nc3ccc(Cl)cc3s2)cc1. The summed E-state index contributed by atoms with van der Waals surface area (Å²) in [6.07, 6.45) is 0.163. The van der Waals surface area contributed by atoms with Crippen LogP contribution < -0.4 is 9.47 Å². The van der Waals surface area contributed by atoms with Crippen LogP contribution in [-0.2, 0) is 9.53 Å². The number of thiazole rings is 1. The maximum Gasteiger partial charge on any atom is 0.347 e. The maximum atomic E-state index is 12.0. The summed E-state index contributed by atoms with van der Waals surface area (Å²) in [7, 11) is 0. The van der Waals surface area contributed by atoms with E-state index in [1.54, 1.807) is 37.3 Å². The van der Waals surface area contributed by atoms with Crippen LogP contribution in [0.4, 0.5) is 0 Å². The highest BCUT2D eigenvalue weighted by molar-refractivity contribution is 7.20. The Morgan fingerprint density at radius 1 is 1.11 bits per heavy atom. The Balaban J connectivity index is 1.56. The molecule has 28 heavy (non-hydrogen) atoms. The number of nitrogens with zero attached hydrogens (tertiary/aromatic N) is 1. The van der Waals surface area contributed by atoms with Gasteiger partial charge >= 0.3 is 5.97 Å². The molecule has 1 atom stereocenters. The van der Waals surface area contributed by atoms with Crippen molar-refractivity contribution in [3.8, 4) is 16.7 Å². The molecular weight excluding hydrogens is 398 g/mol. The molecule has 0 fully saturated rings. The molecule has 148 valence electrons. The summed E-state index contributed by atoms with van der Waals surface area (Å²) in [5, 5.41) is 1.20. The first-order chi connectivity index (χ1) is 13.4. The zero-order valence-electron chi connectivity index (χ0n) is 16.0. The van der Waals surface area contributed by atoms with Gasteiger partial charge in [-0.25, -0.2) is 9.78 Å². The number of halogens is 1. The van der Waals surface area contributed by atoms with Crippen LogP contribution in [0.2, 0.25) is 5.02 Å². The van der Waals surface area contributed by atoms with Crippen LogP contribution in [-0.4, -0.2) is 23.7 Å². The second-order valence-corrected chi connectivity index (χ2v) is 8.21. The van der Waals surface area contributed by atoms with Gasteiger partial charge in [-0.15, -0.1) is 0 Å². The molecule has 1 unspecified atom stereocenters. The minimum Gasteiger partial charge on any atom is -0.479 e. The number of rotatable bonds is 8.